The average molecular weight is 563 g/mol. The summed E-state index contributed by atoms with van der Waals surface area (Å²) in [5.41, 5.74) is 1.91. The minimum atomic E-state index is -3.83. The zero-order valence-corrected chi connectivity index (χ0v) is 22.9. The third kappa shape index (κ3) is 8.21. The molecule has 0 unspecified atom stereocenters. The number of amides is 2. The van der Waals surface area contributed by atoms with Gasteiger partial charge in [0.25, 0.3) is 0 Å². The molecule has 0 saturated heterocycles. The molecule has 196 valence electrons. The summed E-state index contributed by atoms with van der Waals surface area (Å²) in [6.45, 7) is 1.78. The molecule has 3 aromatic rings. The second-order valence-electron chi connectivity index (χ2n) is 8.49. The summed E-state index contributed by atoms with van der Waals surface area (Å²) < 4.78 is 26.4. The summed E-state index contributed by atoms with van der Waals surface area (Å²) in [4.78, 5) is 28.5. The van der Waals surface area contributed by atoms with Crippen molar-refractivity contribution in [2.24, 2.45) is 0 Å². The van der Waals surface area contributed by atoms with Crippen molar-refractivity contribution < 1.29 is 18.0 Å². The highest BCUT2D eigenvalue weighted by molar-refractivity contribution is 7.92. The number of hydrogen-bond donors (Lipinski definition) is 1. The molecule has 3 rings (SSSR count). The Morgan fingerprint density at radius 2 is 1.43 bits per heavy atom. The lowest BCUT2D eigenvalue weighted by molar-refractivity contribution is -0.140. The standard InChI is InChI=1S/C27H29Cl2N3O4S/c1-3-30-27(34)25(17-20-7-5-4-6-8-20)31(18-21-9-11-22(28)12-10-21)26(33)19-32(37(2,35)36)24-15-13-23(29)14-16-24/h4-16,25H,3,17-19H2,1-2H3,(H,30,34)/t25-/m0/s1. The van der Waals surface area contributed by atoms with E-state index in [1.165, 1.54) is 17.0 Å². The van der Waals surface area contributed by atoms with Gasteiger partial charge in [-0.2, -0.15) is 0 Å². The molecule has 0 spiro atoms. The topological polar surface area (TPSA) is 86.8 Å². The fraction of sp³-hybridized carbons (Fsp3) is 0.259. The molecule has 0 aliphatic rings. The highest BCUT2D eigenvalue weighted by atomic mass is 35.5. The number of halogens is 2. The fourth-order valence-electron chi connectivity index (χ4n) is 3.85. The number of likely N-dealkylation sites (N-methyl/N-ethyl adjacent to an activating group) is 1. The Bertz CT molecular complexity index is 1300. The van der Waals surface area contributed by atoms with E-state index in [-0.39, 0.29) is 18.9 Å². The molecule has 0 fully saturated rings. The predicted octanol–water partition coefficient (Wildman–Crippen LogP) is 4.54. The van der Waals surface area contributed by atoms with E-state index in [2.05, 4.69) is 5.32 Å². The third-order valence-corrected chi connectivity index (χ3v) is 7.33. The van der Waals surface area contributed by atoms with E-state index in [0.717, 1.165) is 21.7 Å². The van der Waals surface area contributed by atoms with Gasteiger partial charge in [-0.15, -0.1) is 0 Å². The Balaban J connectivity index is 2.02. The van der Waals surface area contributed by atoms with E-state index in [1.807, 2.05) is 30.3 Å². The highest BCUT2D eigenvalue weighted by Crippen LogP contribution is 2.22. The Labute approximate surface area is 228 Å². The van der Waals surface area contributed by atoms with Crippen molar-refractivity contribution in [2.75, 3.05) is 23.7 Å². The van der Waals surface area contributed by atoms with E-state index in [4.69, 9.17) is 23.2 Å². The zero-order chi connectivity index (χ0) is 27.0. The minimum Gasteiger partial charge on any atom is -0.355 e. The van der Waals surface area contributed by atoms with Gasteiger partial charge in [-0.3, -0.25) is 13.9 Å². The van der Waals surface area contributed by atoms with Crippen LogP contribution in [-0.4, -0.2) is 50.5 Å². The van der Waals surface area contributed by atoms with E-state index < -0.39 is 28.5 Å². The molecule has 0 radical (unpaired) electrons. The van der Waals surface area contributed by atoms with Crippen molar-refractivity contribution in [2.45, 2.75) is 25.9 Å². The van der Waals surface area contributed by atoms with E-state index in [1.54, 1.807) is 43.3 Å². The highest BCUT2D eigenvalue weighted by Gasteiger charge is 2.32. The minimum absolute atomic E-state index is 0.0862. The number of benzene rings is 3. The van der Waals surface area contributed by atoms with Gasteiger partial charge in [0, 0.05) is 29.6 Å². The predicted molar refractivity (Wildman–Crippen MR) is 148 cm³/mol. The van der Waals surface area contributed by atoms with E-state index >= 15 is 0 Å². The van der Waals surface area contributed by atoms with Crippen LogP contribution in [0.5, 0.6) is 0 Å². The van der Waals surface area contributed by atoms with Gasteiger partial charge in [0.1, 0.15) is 12.6 Å². The largest absolute Gasteiger partial charge is 0.355 e. The van der Waals surface area contributed by atoms with Crippen LogP contribution in [0.15, 0.2) is 78.9 Å². The Morgan fingerprint density at radius 3 is 1.97 bits per heavy atom. The van der Waals surface area contributed by atoms with Crippen LogP contribution in [0.1, 0.15) is 18.1 Å². The summed E-state index contributed by atoms with van der Waals surface area (Å²) >= 11 is 12.0. The van der Waals surface area contributed by atoms with Crippen LogP contribution in [0.2, 0.25) is 10.0 Å². The normalized spacial score (nSPS) is 12.0. The van der Waals surface area contributed by atoms with Gasteiger partial charge in [0.15, 0.2) is 0 Å². The van der Waals surface area contributed by atoms with Gasteiger partial charge in [-0.25, -0.2) is 8.42 Å². The summed E-state index contributed by atoms with van der Waals surface area (Å²) in [5, 5.41) is 3.79. The first-order valence-electron chi connectivity index (χ1n) is 11.7. The summed E-state index contributed by atoms with van der Waals surface area (Å²) in [6, 6.07) is 21.6. The SMILES string of the molecule is CCNC(=O)[C@H](Cc1ccccc1)N(Cc1ccc(Cl)cc1)C(=O)CN(c1ccc(Cl)cc1)S(C)(=O)=O. The lowest BCUT2D eigenvalue weighted by Gasteiger charge is -2.33. The maximum atomic E-state index is 13.8. The molecule has 10 heteroatoms. The van der Waals surface area contributed by atoms with Crippen LogP contribution in [0.4, 0.5) is 5.69 Å². The number of carbonyl (C=O) groups is 2. The Kier molecular flexibility index (Phi) is 9.97. The van der Waals surface area contributed by atoms with Crippen LogP contribution in [0, 0.1) is 0 Å². The molecular formula is C27H29Cl2N3O4S. The average Bonchev–Trinajstić information content (AvgIpc) is 2.86. The molecule has 0 aliphatic carbocycles. The first kappa shape index (κ1) is 28.5. The number of nitrogens with zero attached hydrogens (tertiary/aromatic N) is 2. The number of anilines is 1. The number of carbonyl (C=O) groups excluding carboxylic acids is 2. The van der Waals surface area contributed by atoms with Gasteiger partial charge in [-0.05, 0) is 54.4 Å². The third-order valence-electron chi connectivity index (χ3n) is 5.68. The molecule has 0 saturated carbocycles. The molecule has 0 aliphatic heterocycles. The smallest absolute Gasteiger partial charge is 0.244 e. The summed E-state index contributed by atoms with van der Waals surface area (Å²) in [7, 11) is -3.83. The monoisotopic (exact) mass is 561 g/mol. The second-order valence-corrected chi connectivity index (χ2v) is 11.3. The first-order valence-corrected chi connectivity index (χ1v) is 14.3. The van der Waals surface area contributed by atoms with Crippen LogP contribution >= 0.6 is 23.2 Å². The van der Waals surface area contributed by atoms with Gasteiger partial charge in [-0.1, -0.05) is 65.7 Å². The lowest BCUT2D eigenvalue weighted by atomic mass is 10.0. The molecular weight excluding hydrogens is 533 g/mol. The van der Waals surface area contributed by atoms with Gasteiger partial charge in [0.05, 0.1) is 11.9 Å². The molecule has 0 bridgehead atoms. The molecule has 0 heterocycles. The molecule has 37 heavy (non-hydrogen) atoms. The molecule has 3 aromatic carbocycles. The van der Waals surface area contributed by atoms with Crippen LogP contribution < -0.4 is 9.62 Å². The number of sulfonamides is 1. The molecule has 7 nitrogen and oxygen atoms in total. The quantitative estimate of drug-likeness (QED) is 0.372. The van der Waals surface area contributed by atoms with Gasteiger partial charge >= 0.3 is 0 Å². The second kappa shape index (κ2) is 12.9. The van der Waals surface area contributed by atoms with Crippen LogP contribution in [0.25, 0.3) is 0 Å². The lowest BCUT2D eigenvalue weighted by Crippen LogP contribution is -2.53. The maximum Gasteiger partial charge on any atom is 0.244 e. The Morgan fingerprint density at radius 1 is 0.865 bits per heavy atom. The van der Waals surface area contributed by atoms with Crippen molar-refractivity contribution in [3.63, 3.8) is 0 Å². The maximum absolute atomic E-state index is 13.8. The molecule has 2 amide bonds. The van der Waals surface area contributed by atoms with E-state index in [9.17, 15) is 18.0 Å². The van der Waals surface area contributed by atoms with Crippen molar-refractivity contribution in [1.82, 2.24) is 10.2 Å². The number of nitrogens with one attached hydrogen (secondary N) is 1. The van der Waals surface area contributed by atoms with Crippen molar-refractivity contribution >= 4 is 50.7 Å². The summed E-state index contributed by atoms with van der Waals surface area (Å²) in [5.74, 6) is -0.853. The Hall–Kier alpha value is -3.07. The number of hydrogen-bond acceptors (Lipinski definition) is 4. The van der Waals surface area contributed by atoms with Gasteiger partial charge < -0.3 is 10.2 Å². The van der Waals surface area contributed by atoms with Crippen molar-refractivity contribution in [3.8, 4) is 0 Å². The van der Waals surface area contributed by atoms with Crippen molar-refractivity contribution in [3.05, 3.63) is 100 Å². The van der Waals surface area contributed by atoms with E-state index in [0.29, 0.717) is 22.3 Å². The van der Waals surface area contributed by atoms with Crippen LogP contribution in [0.3, 0.4) is 0 Å². The molecule has 0 aromatic heterocycles. The fourth-order valence-corrected chi connectivity index (χ4v) is 4.96. The van der Waals surface area contributed by atoms with Crippen molar-refractivity contribution in [1.29, 1.82) is 0 Å². The first-order chi connectivity index (χ1) is 17.6. The zero-order valence-electron chi connectivity index (χ0n) is 20.6. The molecule has 1 N–H and O–H groups in total. The molecule has 1 atom stereocenters. The summed E-state index contributed by atoms with van der Waals surface area (Å²) in [6.07, 6.45) is 1.29. The van der Waals surface area contributed by atoms with Gasteiger partial charge in [0.2, 0.25) is 21.8 Å². The van der Waals surface area contributed by atoms with Crippen LogP contribution in [-0.2, 0) is 32.6 Å². The number of rotatable bonds is 11.